The van der Waals surface area contributed by atoms with E-state index in [0.29, 0.717) is 50.3 Å². The van der Waals surface area contributed by atoms with Crippen molar-refractivity contribution in [2.45, 2.75) is 26.2 Å². The summed E-state index contributed by atoms with van der Waals surface area (Å²) in [6.07, 6.45) is 1.67. The van der Waals surface area contributed by atoms with Crippen LogP contribution in [-0.4, -0.2) is 36.4 Å². The highest BCUT2D eigenvalue weighted by molar-refractivity contribution is 5.97. The van der Waals surface area contributed by atoms with Gasteiger partial charge in [-0.3, -0.25) is 9.59 Å². The van der Waals surface area contributed by atoms with E-state index in [1.54, 1.807) is 11.0 Å². The zero-order chi connectivity index (χ0) is 23.3. The number of rotatable bonds is 7. The van der Waals surface area contributed by atoms with E-state index in [0.717, 1.165) is 16.7 Å². The molecule has 1 heterocycles. The highest BCUT2D eigenvalue weighted by Gasteiger charge is 2.41. The summed E-state index contributed by atoms with van der Waals surface area (Å²) in [5.41, 5.74) is 9.19. The molecule has 3 aromatic rings. The summed E-state index contributed by atoms with van der Waals surface area (Å²) in [4.78, 5) is 27.5. The largest absolute Gasteiger partial charge is 0.493 e. The quantitative estimate of drug-likeness (QED) is 0.576. The number of amides is 2. The normalized spacial score (nSPS) is 15.1. The zero-order valence-corrected chi connectivity index (χ0v) is 19.0. The van der Waals surface area contributed by atoms with E-state index in [4.69, 9.17) is 10.5 Å². The van der Waals surface area contributed by atoms with Crippen LogP contribution in [0.25, 0.3) is 11.1 Å². The molecule has 0 aromatic heterocycles. The van der Waals surface area contributed by atoms with Gasteiger partial charge >= 0.3 is 0 Å². The average Bonchev–Trinajstić information content (AvgIpc) is 2.85. The number of nitrogens with zero attached hydrogens (tertiary/aromatic N) is 1. The van der Waals surface area contributed by atoms with Crippen molar-refractivity contribution in [2.75, 3.05) is 19.7 Å². The highest BCUT2D eigenvalue weighted by Crippen LogP contribution is 2.36. The minimum absolute atomic E-state index is 0.0654. The van der Waals surface area contributed by atoms with E-state index in [9.17, 15) is 9.59 Å². The molecule has 0 aliphatic carbocycles. The molecule has 5 heteroatoms. The van der Waals surface area contributed by atoms with E-state index in [1.807, 2.05) is 43.3 Å². The molecule has 0 unspecified atom stereocenters. The van der Waals surface area contributed by atoms with Crippen molar-refractivity contribution in [3.8, 4) is 16.9 Å². The average molecular weight is 443 g/mol. The SMILES string of the molecule is CCOc1ccccc1C(=O)N1CCC(Cc2ccc(-c3ccccc3)cc2)(C(N)=O)CC1. The van der Waals surface area contributed by atoms with Gasteiger partial charge in [-0.1, -0.05) is 66.7 Å². The van der Waals surface area contributed by atoms with E-state index in [-0.39, 0.29) is 11.8 Å². The van der Waals surface area contributed by atoms with Crippen LogP contribution in [-0.2, 0) is 11.2 Å². The lowest BCUT2D eigenvalue weighted by molar-refractivity contribution is -0.130. The second-order valence-electron chi connectivity index (χ2n) is 8.61. The van der Waals surface area contributed by atoms with Gasteiger partial charge in [0.25, 0.3) is 5.91 Å². The number of primary amides is 1. The fourth-order valence-corrected chi connectivity index (χ4v) is 4.58. The Bertz CT molecular complexity index is 1100. The molecule has 5 nitrogen and oxygen atoms in total. The molecule has 33 heavy (non-hydrogen) atoms. The lowest BCUT2D eigenvalue weighted by Crippen LogP contribution is -2.50. The standard InChI is InChI=1S/C28H30N2O3/c1-2-33-25-11-7-6-10-24(25)26(31)30-18-16-28(17-19-30,27(29)32)20-21-12-14-23(15-13-21)22-8-4-3-5-9-22/h3-15H,2,16-20H2,1H3,(H2,29,32). The third-order valence-corrected chi connectivity index (χ3v) is 6.55. The Hall–Kier alpha value is -3.60. The Morgan fingerprint density at radius 2 is 1.48 bits per heavy atom. The molecule has 0 atom stereocenters. The van der Waals surface area contributed by atoms with E-state index in [1.165, 1.54) is 0 Å². The summed E-state index contributed by atoms with van der Waals surface area (Å²) >= 11 is 0. The first-order chi connectivity index (χ1) is 16.0. The molecule has 0 saturated carbocycles. The van der Waals surface area contributed by atoms with Crippen molar-refractivity contribution in [2.24, 2.45) is 11.1 Å². The summed E-state index contributed by atoms with van der Waals surface area (Å²) in [6, 6.07) is 25.8. The second kappa shape index (κ2) is 9.90. The van der Waals surface area contributed by atoms with Gasteiger partial charge in [0.1, 0.15) is 5.75 Å². The van der Waals surface area contributed by atoms with Crippen molar-refractivity contribution in [3.63, 3.8) is 0 Å². The number of para-hydroxylation sites is 1. The van der Waals surface area contributed by atoms with Crippen molar-refractivity contribution >= 4 is 11.8 Å². The molecule has 0 radical (unpaired) electrons. The van der Waals surface area contributed by atoms with Gasteiger partial charge in [0.15, 0.2) is 0 Å². The molecule has 170 valence electrons. The maximum absolute atomic E-state index is 13.1. The van der Waals surface area contributed by atoms with Crippen molar-refractivity contribution in [1.29, 1.82) is 0 Å². The molecule has 1 fully saturated rings. The van der Waals surface area contributed by atoms with Gasteiger partial charge < -0.3 is 15.4 Å². The fraction of sp³-hybridized carbons (Fsp3) is 0.286. The number of piperidine rings is 1. The molecule has 3 aromatic carbocycles. The summed E-state index contributed by atoms with van der Waals surface area (Å²) in [5, 5.41) is 0. The van der Waals surface area contributed by atoms with Gasteiger partial charge in [0.05, 0.1) is 17.6 Å². The van der Waals surface area contributed by atoms with E-state index < -0.39 is 5.41 Å². The number of carbonyl (C=O) groups is 2. The number of likely N-dealkylation sites (tertiary alicyclic amines) is 1. The predicted octanol–water partition coefficient (Wildman–Crippen LogP) is 4.70. The van der Waals surface area contributed by atoms with Crippen LogP contribution in [0.1, 0.15) is 35.7 Å². The second-order valence-corrected chi connectivity index (χ2v) is 8.61. The van der Waals surface area contributed by atoms with Crippen molar-refractivity contribution in [1.82, 2.24) is 4.90 Å². The molecular formula is C28H30N2O3. The first-order valence-corrected chi connectivity index (χ1v) is 11.5. The van der Waals surface area contributed by atoms with Crippen LogP contribution in [0.15, 0.2) is 78.9 Å². The molecule has 0 spiro atoms. The fourth-order valence-electron chi connectivity index (χ4n) is 4.58. The first kappa shape index (κ1) is 22.6. The van der Waals surface area contributed by atoms with Gasteiger partial charge in [0.2, 0.25) is 5.91 Å². The van der Waals surface area contributed by atoms with Gasteiger partial charge in [-0.25, -0.2) is 0 Å². The first-order valence-electron chi connectivity index (χ1n) is 11.5. The minimum Gasteiger partial charge on any atom is -0.493 e. The van der Waals surface area contributed by atoms with Crippen LogP contribution in [0.4, 0.5) is 0 Å². The molecular weight excluding hydrogens is 412 g/mol. The highest BCUT2D eigenvalue weighted by atomic mass is 16.5. The van der Waals surface area contributed by atoms with Crippen LogP contribution in [0.2, 0.25) is 0 Å². The van der Waals surface area contributed by atoms with Crippen LogP contribution in [0, 0.1) is 5.41 Å². The summed E-state index contributed by atoms with van der Waals surface area (Å²) in [7, 11) is 0. The lowest BCUT2D eigenvalue weighted by atomic mass is 9.73. The number of benzene rings is 3. The number of hydrogen-bond acceptors (Lipinski definition) is 3. The van der Waals surface area contributed by atoms with Crippen LogP contribution < -0.4 is 10.5 Å². The maximum Gasteiger partial charge on any atom is 0.257 e. The molecule has 0 bridgehead atoms. The Kier molecular flexibility index (Phi) is 6.78. The Morgan fingerprint density at radius 1 is 0.879 bits per heavy atom. The van der Waals surface area contributed by atoms with Crippen molar-refractivity contribution < 1.29 is 14.3 Å². The number of nitrogens with two attached hydrogens (primary N) is 1. The maximum atomic E-state index is 13.1. The van der Waals surface area contributed by atoms with Gasteiger partial charge in [0, 0.05) is 13.1 Å². The van der Waals surface area contributed by atoms with Crippen LogP contribution in [0.3, 0.4) is 0 Å². The summed E-state index contributed by atoms with van der Waals surface area (Å²) in [5.74, 6) is 0.232. The third kappa shape index (κ3) is 4.92. The molecule has 1 aliphatic heterocycles. The molecule has 4 rings (SSSR count). The van der Waals surface area contributed by atoms with E-state index in [2.05, 4.69) is 36.4 Å². The van der Waals surface area contributed by atoms with Gasteiger partial charge in [-0.05, 0) is 55.0 Å². The monoisotopic (exact) mass is 442 g/mol. The Labute approximate surface area is 195 Å². The molecule has 1 aliphatic rings. The number of carbonyl (C=O) groups excluding carboxylic acids is 2. The minimum atomic E-state index is -0.648. The molecule has 1 saturated heterocycles. The third-order valence-electron chi connectivity index (χ3n) is 6.55. The van der Waals surface area contributed by atoms with Gasteiger partial charge in [-0.15, -0.1) is 0 Å². The van der Waals surface area contributed by atoms with Crippen LogP contribution in [0.5, 0.6) is 5.75 Å². The zero-order valence-electron chi connectivity index (χ0n) is 19.0. The molecule has 2 amide bonds. The molecule has 2 N–H and O–H groups in total. The van der Waals surface area contributed by atoms with E-state index >= 15 is 0 Å². The van der Waals surface area contributed by atoms with Crippen LogP contribution >= 0.6 is 0 Å². The van der Waals surface area contributed by atoms with Crippen molar-refractivity contribution in [3.05, 3.63) is 90.0 Å². The Balaban J connectivity index is 1.46. The number of ether oxygens (including phenoxy) is 1. The van der Waals surface area contributed by atoms with Gasteiger partial charge in [-0.2, -0.15) is 0 Å². The topological polar surface area (TPSA) is 72.6 Å². The smallest absolute Gasteiger partial charge is 0.257 e. The predicted molar refractivity (Wildman–Crippen MR) is 130 cm³/mol. The summed E-state index contributed by atoms with van der Waals surface area (Å²) < 4.78 is 5.63. The number of hydrogen-bond donors (Lipinski definition) is 1. The lowest BCUT2D eigenvalue weighted by Gasteiger charge is -2.40. The Morgan fingerprint density at radius 3 is 2.12 bits per heavy atom. The summed E-state index contributed by atoms with van der Waals surface area (Å²) in [6.45, 7) is 3.38.